The standard InChI is InChI=1S/C17H23N/c1-13-6-7-17-15(12-13)4-2-3-5-16(17)14-8-10-18-11-9-14/h6-7,12,18H,2-5,8-11H2,1H3. The average Bonchev–Trinajstić information content (AvgIpc) is 2.61. The quantitative estimate of drug-likeness (QED) is 0.680. The highest BCUT2D eigenvalue weighted by Crippen LogP contribution is 2.35. The molecular weight excluding hydrogens is 218 g/mol. The van der Waals surface area contributed by atoms with Gasteiger partial charge in [-0.05, 0) is 75.2 Å². The first-order chi connectivity index (χ1) is 8.84. The molecule has 1 saturated heterocycles. The molecule has 0 spiro atoms. The predicted molar refractivity (Wildman–Crippen MR) is 77.8 cm³/mol. The third-order valence-electron chi connectivity index (χ3n) is 4.34. The van der Waals surface area contributed by atoms with Crippen LogP contribution in [0.25, 0.3) is 5.57 Å². The number of hydrogen-bond acceptors (Lipinski definition) is 1. The van der Waals surface area contributed by atoms with Crippen molar-refractivity contribution in [1.29, 1.82) is 0 Å². The zero-order valence-electron chi connectivity index (χ0n) is 11.4. The van der Waals surface area contributed by atoms with E-state index in [1.54, 1.807) is 22.3 Å². The van der Waals surface area contributed by atoms with Crippen molar-refractivity contribution in [2.24, 2.45) is 0 Å². The molecule has 0 unspecified atom stereocenters. The molecule has 96 valence electrons. The van der Waals surface area contributed by atoms with Gasteiger partial charge in [0.15, 0.2) is 0 Å². The second-order valence-corrected chi connectivity index (χ2v) is 5.70. The molecule has 0 aromatic heterocycles. The summed E-state index contributed by atoms with van der Waals surface area (Å²) in [5, 5.41) is 3.47. The summed E-state index contributed by atoms with van der Waals surface area (Å²) in [6.07, 6.45) is 7.79. The number of allylic oxidation sites excluding steroid dienone is 1. The van der Waals surface area contributed by atoms with Crippen molar-refractivity contribution in [1.82, 2.24) is 5.32 Å². The van der Waals surface area contributed by atoms with E-state index >= 15 is 0 Å². The van der Waals surface area contributed by atoms with E-state index in [0.29, 0.717) is 0 Å². The van der Waals surface area contributed by atoms with Gasteiger partial charge in [0.1, 0.15) is 0 Å². The van der Waals surface area contributed by atoms with E-state index in [2.05, 4.69) is 30.4 Å². The zero-order chi connectivity index (χ0) is 12.4. The van der Waals surface area contributed by atoms with Crippen LogP contribution in [0.2, 0.25) is 0 Å². The summed E-state index contributed by atoms with van der Waals surface area (Å²) in [7, 11) is 0. The van der Waals surface area contributed by atoms with Gasteiger partial charge in [-0.2, -0.15) is 0 Å². The summed E-state index contributed by atoms with van der Waals surface area (Å²) in [5.74, 6) is 0. The number of rotatable bonds is 0. The highest BCUT2D eigenvalue weighted by molar-refractivity contribution is 5.72. The summed E-state index contributed by atoms with van der Waals surface area (Å²) in [6.45, 7) is 4.54. The Hall–Kier alpha value is -1.08. The lowest BCUT2D eigenvalue weighted by atomic mass is 9.89. The largest absolute Gasteiger partial charge is 0.316 e. The average molecular weight is 241 g/mol. The highest BCUT2D eigenvalue weighted by Gasteiger charge is 2.17. The summed E-state index contributed by atoms with van der Waals surface area (Å²) in [5.41, 5.74) is 7.97. The maximum atomic E-state index is 3.47. The van der Waals surface area contributed by atoms with Crippen LogP contribution >= 0.6 is 0 Å². The van der Waals surface area contributed by atoms with Crippen LogP contribution in [0.4, 0.5) is 0 Å². The minimum absolute atomic E-state index is 1.17. The van der Waals surface area contributed by atoms with Crippen molar-refractivity contribution < 1.29 is 0 Å². The smallest absolute Gasteiger partial charge is 0.00112 e. The fourth-order valence-corrected chi connectivity index (χ4v) is 3.37. The predicted octanol–water partition coefficient (Wildman–Crippen LogP) is 3.86. The number of aryl methyl sites for hydroxylation is 2. The molecule has 1 fully saturated rings. The fourth-order valence-electron chi connectivity index (χ4n) is 3.37. The Labute approximate surface area is 110 Å². The van der Waals surface area contributed by atoms with Crippen LogP contribution in [0, 0.1) is 6.92 Å². The number of nitrogens with one attached hydrogen (secondary N) is 1. The van der Waals surface area contributed by atoms with Crippen molar-refractivity contribution in [3.05, 3.63) is 40.5 Å². The van der Waals surface area contributed by atoms with E-state index in [-0.39, 0.29) is 0 Å². The lowest BCUT2D eigenvalue weighted by molar-refractivity contribution is 0.609. The maximum Gasteiger partial charge on any atom is -0.00112 e. The first-order valence-electron chi connectivity index (χ1n) is 7.36. The molecule has 0 atom stereocenters. The first-order valence-corrected chi connectivity index (χ1v) is 7.36. The zero-order valence-corrected chi connectivity index (χ0v) is 11.4. The van der Waals surface area contributed by atoms with Gasteiger partial charge in [0.05, 0.1) is 0 Å². The summed E-state index contributed by atoms with van der Waals surface area (Å²) < 4.78 is 0. The molecule has 18 heavy (non-hydrogen) atoms. The molecule has 1 N–H and O–H groups in total. The van der Waals surface area contributed by atoms with Crippen molar-refractivity contribution in [2.45, 2.75) is 45.4 Å². The van der Waals surface area contributed by atoms with Crippen LogP contribution < -0.4 is 5.32 Å². The number of fused-ring (bicyclic) bond motifs is 1. The molecule has 1 aromatic carbocycles. The maximum absolute atomic E-state index is 3.47. The molecule has 1 aromatic rings. The second-order valence-electron chi connectivity index (χ2n) is 5.70. The summed E-state index contributed by atoms with van der Waals surface area (Å²) >= 11 is 0. The Morgan fingerprint density at radius 1 is 0.944 bits per heavy atom. The Morgan fingerprint density at radius 2 is 1.72 bits per heavy atom. The first kappa shape index (κ1) is 12.0. The minimum Gasteiger partial charge on any atom is -0.316 e. The van der Waals surface area contributed by atoms with Gasteiger partial charge < -0.3 is 5.32 Å². The Kier molecular flexibility index (Phi) is 3.51. The molecule has 0 radical (unpaired) electrons. The van der Waals surface area contributed by atoms with Crippen LogP contribution in [-0.2, 0) is 6.42 Å². The molecule has 0 amide bonds. The number of piperidine rings is 1. The molecule has 1 aliphatic heterocycles. The molecule has 2 aliphatic rings. The monoisotopic (exact) mass is 241 g/mol. The lowest BCUT2D eigenvalue weighted by Crippen LogP contribution is -2.23. The fraction of sp³-hybridized carbons (Fsp3) is 0.529. The van der Waals surface area contributed by atoms with Gasteiger partial charge in [0.2, 0.25) is 0 Å². The van der Waals surface area contributed by atoms with Gasteiger partial charge in [-0.25, -0.2) is 0 Å². The van der Waals surface area contributed by atoms with E-state index in [4.69, 9.17) is 0 Å². The van der Waals surface area contributed by atoms with Crippen LogP contribution in [0.5, 0.6) is 0 Å². The summed E-state index contributed by atoms with van der Waals surface area (Å²) in [4.78, 5) is 0. The topological polar surface area (TPSA) is 12.0 Å². The van der Waals surface area contributed by atoms with Crippen molar-refractivity contribution >= 4 is 5.57 Å². The van der Waals surface area contributed by atoms with Crippen LogP contribution in [-0.4, -0.2) is 13.1 Å². The SMILES string of the molecule is Cc1ccc2c(c1)CCCCC2=C1CCNCC1. The van der Waals surface area contributed by atoms with Gasteiger partial charge >= 0.3 is 0 Å². The van der Waals surface area contributed by atoms with E-state index in [9.17, 15) is 0 Å². The molecule has 1 heteroatoms. The van der Waals surface area contributed by atoms with Crippen LogP contribution in [0.3, 0.4) is 0 Å². The van der Waals surface area contributed by atoms with Gasteiger partial charge in [-0.15, -0.1) is 0 Å². The molecule has 1 heterocycles. The number of hydrogen-bond donors (Lipinski definition) is 1. The Morgan fingerprint density at radius 3 is 2.56 bits per heavy atom. The van der Waals surface area contributed by atoms with Gasteiger partial charge in [0.25, 0.3) is 0 Å². The molecule has 1 aliphatic carbocycles. The highest BCUT2D eigenvalue weighted by atomic mass is 14.9. The summed E-state index contributed by atoms with van der Waals surface area (Å²) in [6, 6.07) is 7.06. The Balaban J connectivity index is 2.05. The lowest BCUT2D eigenvalue weighted by Gasteiger charge is -2.21. The molecule has 3 rings (SSSR count). The normalized spacial score (nSPS) is 20.5. The van der Waals surface area contributed by atoms with E-state index < -0.39 is 0 Å². The Bertz CT molecular complexity index is 462. The van der Waals surface area contributed by atoms with E-state index in [1.807, 2.05) is 0 Å². The van der Waals surface area contributed by atoms with E-state index in [1.165, 1.54) is 57.2 Å². The minimum atomic E-state index is 1.17. The number of benzene rings is 1. The van der Waals surface area contributed by atoms with Crippen LogP contribution in [0.15, 0.2) is 23.8 Å². The third kappa shape index (κ3) is 2.37. The van der Waals surface area contributed by atoms with Gasteiger partial charge in [-0.1, -0.05) is 29.3 Å². The molecule has 0 bridgehead atoms. The van der Waals surface area contributed by atoms with Crippen LogP contribution in [0.1, 0.15) is 48.8 Å². The van der Waals surface area contributed by atoms with E-state index in [0.717, 1.165) is 0 Å². The van der Waals surface area contributed by atoms with Gasteiger partial charge in [0, 0.05) is 0 Å². The second kappa shape index (κ2) is 5.27. The van der Waals surface area contributed by atoms with Crippen molar-refractivity contribution in [3.8, 4) is 0 Å². The molecular formula is C17H23N. The molecule has 0 saturated carbocycles. The van der Waals surface area contributed by atoms with Crippen molar-refractivity contribution in [2.75, 3.05) is 13.1 Å². The van der Waals surface area contributed by atoms with Crippen molar-refractivity contribution in [3.63, 3.8) is 0 Å². The molecule has 1 nitrogen and oxygen atoms in total. The third-order valence-corrected chi connectivity index (χ3v) is 4.34. The van der Waals surface area contributed by atoms with Gasteiger partial charge in [-0.3, -0.25) is 0 Å².